The average Bonchev–Trinajstić information content (AvgIpc) is 2.33. The third-order valence-corrected chi connectivity index (χ3v) is 2.32. The molecule has 1 aliphatic carbocycles. The fraction of sp³-hybridized carbons (Fsp3) is 0.0769. The summed E-state index contributed by atoms with van der Waals surface area (Å²) in [5.74, 6) is 0.00915. The van der Waals surface area contributed by atoms with Crippen molar-refractivity contribution in [3.63, 3.8) is 0 Å². The minimum atomic E-state index is 0.00915. The third-order valence-electron chi connectivity index (χ3n) is 2.32. The minimum Gasteiger partial charge on any atom is -0.316 e. The summed E-state index contributed by atoms with van der Waals surface area (Å²) in [5, 5.41) is 2.04. The van der Waals surface area contributed by atoms with Gasteiger partial charge in [-0.25, -0.2) is 4.99 Å². The average molecular weight is 213 g/mol. The monoisotopic (exact) mass is 213 g/mol. The molecule has 0 aliphatic heterocycles. The molecule has 0 saturated heterocycles. The number of rotatable bonds is 2. The Morgan fingerprint density at radius 2 is 1.62 bits per heavy atom. The Balaban J connectivity index is 2.20. The zero-order valence-electron chi connectivity index (χ0n) is 9.05. The molecule has 0 saturated carbocycles. The molecule has 0 spiro atoms. The fourth-order valence-corrected chi connectivity index (χ4v) is 1.41. The van der Waals surface area contributed by atoms with Gasteiger partial charge in [0.25, 0.3) is 0 Å². The number of allylic oxidation sites excluding steroid dienone is 4. The zero-order chi connectivity index (χ0) is 11.4. The van der Waals surface area contributed by atoms with E-state index >= 15 is 0 Å². The van der Waals surface area contributed by atoms with Gasteiger partial charge < -0.3 is 5.32 Å². The molecule has 0 amide bonds. The molecule has 0 bridgehead atoms. The second kappa shape index (κ2) is 4.68. The molecule has 1 aliphatic rings. The van der Waals surface area contributed by atoms with Crippen LogP contribution in [-0.2, 0) is 4.79 Å². The summed E-state index contributed by atoms with van der Waals surface area (Å²) in [6, 6.07) is 7.95. The second-order valence-corrected chi connectivity index (χ2v) is 3.49. The second-order valence-electron chi connectivity index (χ2n) is 3.49. The van der Waals surface area contributed by atoms with Gasteiger partial charge in [-0.2, -0.15) is 0 Å². The lowest BCUT2D eigenvalue weighted by atomic mass is 10.1. The van der Waals surface area contributed by atoms with Crippen molar-refractivity contribution in [3.8, 4) is 0 Å². The number of quaternary nitrogens is 1. The van der Waals surface area contributed by atoms with E-state index in [4.69, 9.17) is 0 Å². The van der Waals surface area contributed by atoms with E-state index in [-0.39, 0.29) is 5.78 Å². The summed E-state index contributed by atoms with van der Waals surface area (Å²) < 4.78 is 0. The number of nitrogens with two attached hydrogens (primary N) is 1. The van der Waals surface area contributed by atoms with E-state index in [0.29, 0.717) is 0 Å². The number of hydrogen-bond acceptors (Lipinski definition) is 2. The van der Waals surface area contributed by atoms with Crippen molar-refractivity contribution in [2.45, 2.75) is 0 Å². The summed E-state index contributed by atoms with van der Waals surface area (Å²) in [4.78, 5) is 15.3. The van der Waals surface area contributed by atoms with Crippen molar-refractivity contribution in [2.24, 2.45) is 4.99 Å². The van der Waals surface area contributed by atoms with Crippen molar-refractivity contribution in [2.75, 3.05) is 7.05 Å². The molecule has 16 heavy (non-hydrogen) atoms. The summed E-state index contributed by atoms with van der Waals surface area (Å²) in [6.45, 7) is 0. The largest absolute Gasteiger partial charge is 0.316 e. The van der Waals surface area contributed by atoms with Crippen LogP contribution in [0.3, 0.4) is 0 Å². The molecule has 0 radical (unpaired) electrons. The molecule has 3 nitrogen and oxygen atoms in total. The predicted molar refractivity (Wildman–Crippen MR) is 64.3 cm³/mol. The van der Waals surface area contributed by atoms with E-state index in [1.807, 2.05) is 36.6 Å². The molecule has 1 aromatic rings. The molecule has 0 atom stereocenters. The maximum atomic E-state index is 10.9. The summed E-state index contributed by atoms with van der Waals surface area (Å²) in [7, 11) is 2.00. The van der Waals surface area contributed by atoms with Crippen LogP contribution in [0.1, 0.15) is 0 Å². The molecule has 0 heterocycles. The number of benzene rings is 1. The number of hydrogen-bond donors (Lipinski definition) is 1. The quantitative estimate of drug-likeness (QED) is 0.583. The highest BCUT2D eigenvalue weighted by atomic mass is 16.1. The van der Waals surface area contributed by atoms with Crippen LogP contribution in [0.2, 0.25) is 0 Å². The number of aliphatic imine (C=N–C) groups is 1. The van der Waals surface area contributed by atoms with Crippen LogP contribution in [0.25, 0.3) is 0 Å². The van der Waals surface area contributed by atoms with Gasteiger partial charge in [-0.05, 0) is 36.4 Å². The molecular weight excluding hydrogens is 200 g/mol. The fourth-order valence-electron chi connectivity index (χ4n) is 1.41. The smallest absolute Gasteiger partial charge is 0.178 e. The van der Waals surface area contributed by atoms with Crippen molar-refractivity contribution in [3.05, 3.63) is 48.6 Å². The van der Waals surface area contributed by atoms with Crippen molar-refractivity contribution in [1.82, 2.24) is 0 Å². The summed E-state index contributed by atoms with van der Waals surface area (Å²) in [6.07, 6.45) is 6.49. The number of nitrogens with zero attached hydrogens (tertiary/aromatic N) is 1. The Labute approximate surface area is 94.2 Å². The van der Waals surface area contributed by atoms with Crippen molar-refractivity contribution in [1.29, 1.82) is 0 Å². The first-order valence-electron chi connectivity index (χ1n) is 5.16. The molecule has 3 heteroatoms. The normalized spacial score (nSPS) is 14.3. The van der Waals surface area contributed by atoms with Gasteiger partial charge in [0.15, 0.2) is 5.78 Å². The SMILES string of the molecule is C[NH2+]c1ccc(N=C2C=CC(=O)C=C2)cc1. The lowest BCUT2D eigenvalue weighted by Gasteiger charge is -2.00. The molecule has 1 aromatic carbocycles. The van der Waals surface area contributed by atoms with Gasteiger partial charge in [-0.1, -0.05) is 0 Å². The molecule has 80 valence electrons. The number of ketones is 1. The third kappa shape index (κ3) is 2.52. The van der Waals surface area contributed by atoms with Crippen LogP contribution in [-0.4, -0.2) is 18.5 Å². The Morgan fingerprint density at radius 1 is 1.00 bits per heavy atom. The highest BCUT2D eigenvalue weighted by Crippen LogP contribution is 2.14. The van der Waals surface area contributed by atoms with E-state index in [9.17, 15) is 4.79 Å². The van der Waals surface area contributed by atoms with E-state index in [2.05, 4.69) is 4.99 Å². The Bertz CT molecular complexity index is 463. The van der Waals surface area contributed by atoms with Crippen molar-refractivity contribution >= 4 is 22.9 Å². The van der Waals surface area contributed by atoms with E-state index < -0.39 is 0 Å². The van der Waals surface area contributed by atoms with E-state index in [1.54, 1.807) is 12.2 Å². The lowest BCUT2D eigenvalue weighted by Crippen LogP contribution is -2.72. The zero-order valence-corrected chi connectivity index (χ0v) is 9.05. The van der Waals surface area contributed by atoms with E-state index in [0.717, 1.165) is 11.4 Å². The van der Waals surface area contributed by atoms with E-state index in [1.165, 1.54) is 17.8 Å². The molecular formula is C13H13N2O+. The number of carbonyl (C=O) groups excluding carboxylic acids is 1. The van der Waals surface area contributed by atoms with Gasteiger partial charge in [0, 0.05) is 12.1 Å². The molecule has 0 fully saturated rings. The van der Waals surface area contributed by atoms with Crippen LogP contribution in [0.15, 0.2) is 53.6 Å². The molecule has 0 unspecified atom stereocenters. The highest BCUT2D eigenvalue weighted by Gasteiger charge is 2.00. The van der Waals surface area contributed by atoms with Crippen LogP contribution < -0.4 is 5.32 Å². The first-order chi connectivity index (χ1) is 7.78. The Kier molecular flexibility index (Phi) is 3.08. The first-order valence-corrected chi connectivity index (χ1v) is 5.16. The van der Waals surface area contributed by atoms with Gasteiger partial charge in [-0.15, -0.1) is 0 Å². The maximum Gasteiger partial charge on any atom is 0.178 e. The van der Waals surface area contributed by atoms with Crippen LogP contribution in [0, 0.1) is 0 Å². The van der Waals surface area contributed by atoms with Crippen LogP contribution in [0.4, 0.5) is 11.4 Å². The van der Waals surface area contributed by atoms with Crippen molar-refractivity contribution < 1.29 is 10.1 Å². The van der Waals surface area contributed by atoms with Gasteiger partial charge in [-0.3, -0.25) is 4.79 Å². The van der Waals surface area contributed by atoms with Gasteiger partial charge in [0.05, 0.1) is 18.4 Å². The predicted octanol–water partition coefficient (Wildman–Crippen LogP) is 1.28. The summed E-state index contributed by atoms with van der Waals surface area (Å²) >= 11 is 0. The standard InChI is InChI=1S/C13H12N2O/c1-14-10-2-4-11(5-3-10)15-12-6-8-13(16)9-7-12/h2-9,14H,1H3/p+1. The van der Waals surface area contributed by atoms with Gasteiger partial charge in [0.2, 0.25) is 0 Å². The maximum absolute atomic E-state index is 10.9. The molecule has 2 N–H and O–H groups in total. The highest BCUT2D eigenvalue weighted by molar-refractivity contribution is 6.17. The van der Waals surface area contributed by atoms with Gasteiger partial charge in [0.1, 0.15) is 5.69 Å². The number of carbonyl (C=O) groups is 1. The first kappa shape index (κ1) is 10.5. The molecule has 0 aromatic heterocycles. The van der Waals surface area contributed by atoms with Crippen LogP contribution >= 0.6 is 0 Å². The van der Waals surface area contributed by atoms with Crippen LogP contribution in [0.5, 0.6) is 0 Å². The summed E-state index contributed by atoms with van der Waals surface area (Å²) in [5.41, 5.74) is 2.87. The lowest BCUT2D eigenvalue weighted by molar-refractivity contribution is -0.539. The molecule has 2 rings (SSSR count). The Morgan fingerprint density at radius 3 is 2.19 bits per heavy atom. The topological polar surface area (TPSA) is 46.0 Å². The Hall–Kier alpha value is -2.00. The minimum absolute atomic E-state index is 0.00915. The van der Waals surface area contributed by atoms with Gasteiger partial charge >= 0.3 is 0 Å².